The summed E-state index contributed by atoms with van der Waals surface area (Å²) in [5.41, 5.74) is 6.34. The van der Waals surface area contributed by atoms with Crippen LogP contribution in [0.5, 0.6) is 5.75 Å². The molecule has 3 rings (SSSR count). The van der Waals surface area contributed by atoms with E-state index < -0.39 is 23.3 Å². The number of para-hydroxylation sites is 2. The van der Waals surface area contributed by atoms with Crippen LogP contribution in [0.15, 0.2) is 72.8 Å². The number of nitrogens with one attached hydrogen (secondary N) is 3. The third-order valence-electron chi connectivity index (χ3n) is 4.42. The first kappa shape index (κ1) is 22.9. The number of amides is 3. The Bertz CT molecular complexity index is 1190. The lowest BCUT2D eigenvalue weighted by Crippen LogP contribution is -2.43. The van der Waals surface area contributed by atoms with Crippen LogP contribution in [-0.2, 0) is 4.79 Å². The summed E-state index contributed by atoms with van der Waals surface area (Å²) in [6.45, 7) is 1.36. The van der Waals surface area contributed by atoms with Gasteiger partial charge in [0.05, 0.1) is 4.92 Å². The lowest BCUT2D eigenvalue weighted by atomic mass is 10.1. The number of carbonyl (C=O) groups excluding carboxylic acids is 3. The number of anilines is 1. The van der Waals surface area contributed by atoms with Crippen LogP contribution in [0.4, 0.5) is 11.4 Å². The normalized spacial score (nSPS) is 10.1. The van der Waals surface area contributed by atoms with Gasteiger partial charge in [0.1, 0.15) is 0 Å². The molecule has 0 saturated heterocycles. The third kappa shape index (κ3) is 6.37. The molecule has 3 aromatic carbocycles. The molecule has 0 aromatic heterocycles. The number of nitro benzene ring substituents is 1. The molecule has 3 amide bonds. The van der Waals surface area contributed by atoms with Gasteiger partial charge in [-0.2, -0.15) is 0 Å². The first-order valence-corrected chi connectivity index (χ1v) is 9.77. The second kappa shape index (κ2) is 10.5. The van der Waals surface area contributed by atoms with E-state index >= 15 is 0 Å². The highest BCUT2D eigenvalue weighted by atomic mass is 16.6. The Labute approximate surface area is 188 Å². The Balaban J connectivity index is 1.49. The smallest absolute Gasteiger partial charge is 0.310 e. The maximum absolute atomic E-state index is 12.3. The van der Waals surface area contributed by atoms with E-state index in [0.717, 1.165) is 5.56 Å². The highest BCUT2D eigenvalue weighted by Crippen LogP contribution is 2.25. The monoisotopic (exact) mass is 448 g/mol. The van der Waals surface area contributed by atoms with E-state index in [9.17, 15) is 24.5 Å². The second-order valence-electron chi connectivity index (χ2n) is 6.92. The van der Waals surface area contributed by atoms with Gasteiger partial charge < -0.3 is 10.1 Å². The molecule has 3 aromatic rings. The quantitative estimate of drug-likeness (QED) is 0.375. The Morgan fingerprint density at radius 3 is 2.30 bits per heavy atom. The lowest BCUT2D eigenvalue weighted by Gasteiger charge is -2.10. The van der Waals surface area contributed by atoms with E-state index in [2.05, 4.69) is 16.2 Å². The van der Waals surface area contributed by atoms with E-state index in [4.69, 9.17) is 4.74 Å². The maximum atomic E-state index is 12.3. The van der Waals surface area contributed by atoms with Crippen LogP contribution in [0.25, 0.3) is 0 Å². The average Bonchev–Trinajstić information content (AvgIpc) is 2.81. The van der Waals surface area contributed by atoms with Gasteiger partial charge in [-0.1, -0.05) is 29.8 Å². The number of hydrogen-bond acceptors (Lipinski definition) is 6. The number of ether oxygens (including phenoxy) is 1. The molecular weight excluding hydrogens is 428 g/mol. The first-order valence-electron chi connectivity index (χ1n) is 9.77. The summed E-state index contributed by atoms with van der Waals surface area (Å²) in [4.78, 5) is 46.7. The highest BCUT2D eigenvalue weighted by molar-refractivity contribution is 6.04. The number of rotatable bonds is 7. The molecule has 168 valence electrons. The molecule has 10 heteroatoms. The molecular formula is C23H20N4O6. The minimum atomic E-state index is -0.705. The van der Waals surface area contributed by atoms with Crippen LogP contribution in [0.1, 0.15) is 26.3 Å². The maximum Gasteiger partial charge on any atom is 0.310 e. The number of benzene rings is 3. The van der Waals surface area contributed by atoms with Crippen LogP contribution in [0, 0.1) is 17.0 Å². The first-order chi connectivity index (χ1) is 15.8. The topological polar surface area (TPSA) is 140 Å². The summed E-state index contributed by atoms with van der Waals surface area (Å²) in [7, 11) is 0. The molecule has 0 unspecified atom stereocenters. The van der Waals surface area contributed by atoms with E-state index in [1.165, 1.54) is 36.4 Å². The van der Waals surface area contributed by atoms with Crippen molar-refractivity contribution in [3.63, 3.8) is 0 Å². The number of nitro groups is 1. The summed E-state index contributed by atoms with van der Waals surface area (Å²) in [6, 6.07) is 18.9. The van der Waals surface area contributed by atoms with Gasteiger partial charge in [-0.3, -0.25) is 35.3 Å². The standard InChI is InChI=1S/C23H20N4O6/c1-15-5-4-6-17(13-15)22(29)24-18-11-9-16(10-12-18)23(30)26-25-21(28)14-33-20-8-3-2-7-19(20)27(31)32/h2-13H,14H2,1H3,(H,24,29)(H,25,28)(H,26,30). The molecule has 0 heterocycles. The van der Waals surface area contributed by atoms with Crippen molar-refractivity contribution in [2.45, 2.75) is 6.92 Å². The molecule has 3 N–H and O–H groups in total. The molecule has 0 spiro atoms. The zero-order valence-electron chi connectivity index (χ0n) is 17.5. The summed E-state index contributed by atoms with van der Waals surface area (Å²) >= 11 is 0. The van der Waals surface area contributed by atoms with Gasteiger partial charge in [-0.15, -0.1) is 0 Å². The molecule has 0 bridgehead atoms. The predicted molar refractivity (Wildman–Crippen MR) is 120 cm³/mol. The van der Waals surface area contributed by atoms with E-state index in [1.54, 1.807) is 30.3 Å². The van der Waals surface area contributed by atoms with Gasteiger partial charge in [0, 0.05) is 22.9 Å². The van der Waals surface area contributed by atoms with Crippen LogP contribution in [-0.4, -0.2) is 29.3 Å². The molecule has 0 saturated carbocycles. The fraction of sp³-hybridized carbons (Fsp3) is 0.0870. The van der Waals surface area contributed by atoms with Crippen molar-refractivity contribution in [2.24, 2.45) is 0 Å². The molecule has 0 radical (unpaired) electrons. The van der Waals surface area contributed by atoms with Gasteiger partial charge in [-0.25, -0.2) is 0 Å². The Kier molecular flexibility index (Phi) is 7.32. The van der Waals surface area contributed by atoms with Crippen molar-refractivity contribution in [1.29, 1.82) is 0 Å². The van der Waals surface area contributed by atoms with Gasteiger partial charge >= 0.3 is 5.69 Å². The fourth-order valence-corrected chi connectivity index (χ4v) is 2.80. The van der Waals surface area contributed by atoms with Crippen molar-refractivity contribution in [2.75, 3.05) is 11.9 Å². The summed E-state index contributed by atoms with van der Waals surface area (Å²) in [6.07, 6.45) is 0. The van der Waals surface area contributed by atoms with Crippen LogP contribution >= 0.6 is 0 Å². The average molecular weight is 448 g/mol. The molecule has 0 atom stereocenters. The van der Waals surface area contributed by atoms with Crippen molar-refractivity contribution >= 4 is 29.1 Å². The van der Waals surface area contributed by atoms with Gasteiger partial charge in [0.25, 0.3) is 17.7 Å². The van der Waals surface area contributed by atoms with E-state index in [0.29, 0.717) is 11.3 Å². The molecule has 0 aliphatic rings. The number of hydrogen-bond donors (Lipinski definition) is 3. The van der Waals surface area contributed by atoms with Crippen molar-refractivity contribution in [1.82, 2.24) is 10.9 Å². The Morgan fingerprint density at radius 2 is 1.61 bits per heavy atom. The minimum absolute atomic E-state index is 0.0627. The van der Waals surface area contributed by atoms with E-state index in [-0.39, 0.29) is 22.9 Å². The van der Waals surface area contributed by atoms with Crippen molar-refractivity contribution in [3.05, 3.63) is 99.6 Å². The van der Waals surface area contributed by atoms with Gasteiger partial charge in [0.2, 0.25) is 0 Å². The van der Waals surface area contributed by atoms with Crippen molar-refractivity contribution in [3.8, 4) is 5.75 Å². The largest absolute Gasteiger partial charge is 0.477 e. The molecule has 0 fully saturated rings. The Hall–Kier alpha value is -4.73. The lowest BCUT2D eigenvalue weighted by molar-refractivity contribution is -0.385. The molecule has 33 heavy (non-hydrogen) atoms. The Morgan fingerprint density at radius 1 is 0.879 bits per heavy atom. The minimum Gasteiger partial charge on any atom is -0.477 e. The summed E-state index contributed by atoms with van der Waals surface area (Å²) < 4.78 is 5.15. The van der Waals surface area contributed by atoms with E-state index in [1.807, 2.05) is 13.0 Å². The summed E-state index contributed by atoms with van der Waals surface area (Å²) in [5.74, 6) is -1.64. The molecule has 0 aliphatic carbocycles. The fourth-order valence-electron chi connectivity index (χ4n) is 2.80. The second-order valence-corrected chi connectivity index (χ2v) is 6.92. The zero-order valence-corrected chi connectivity index (χ0v) is 17.5. The predicted octanol–water partition coefficient (Wildman–Crippen LogP) is 3.00. The third-order valence-corrected chi connectivity index (χ3v) is 4.42. The molecule has 0 aliphatic heterocycles. The number of hydrazine groups is 1. The van der Waals surface area contributed by atoms with Crippen LogP contribution in [0.3, 0.4) is 0 Å². The zero-order chi connectivity index (χ0) is 23.8. The number of aryl methyl sites for hydroxylation is 1. The number of nitrogens with zero attached hydrogens (tertiary/aromatic N) is 1. The van der Waals surface area contributed by atoms with Crippen LogP contribution in [0.2, 0.25) is 0 Å². The van der Waals surface area contributed by atoms with Crippen LogP contribution < -0.4 is 20.9 Å². The van der Waals surface area contributed by atoms with Gasteiger partial charge in [-0.05, 0) is 49.4 Å². The SMILES string of the molecule is Cc1cccc(C(=O)Nc2ccc(C(=O)NNC(=O)COc3ccccc3[N+](=O)[O-])cc2)c1. The van der Waals surface area contributed by atoms with Gasteiger partial charge in [0.15, 0.2) is 12.4 Å². The number of carbonyl (C=O) groups is 3. The highest BCUT2D eigenvalue weighted by Gasteiger charge is 2.15. The molecule has 10 nitrogen and oxygen atoms in total. The van der Waals surface area contributed by atoms with Crippen molar-refractivity contribution < 1.29 is 24.0 Å². The summed E-state index contributed by atoms with van der Waals surface area (Å²) in [5, 5.41) is 13.7.